The highest BCUT2D eigenvalue weighted by atomic mass is 16.5. The number of carbonyl (C=O) groups excluding carboxylic acids is 1. The summed E-state index contributed by atoms with van der Waals surface area (Å²) in [5.74, 6) is -0.287. The molecule has 1 atom stereocenters. The molecule has 19 heavy (non-hydrogen) atoms. The summed E-state index contributed by atoms with van der Waals surface area (Å²) >= 11 is 0. The molecule has 4 nitrogen and oxygen atoms in total. The van der Waals surface area contributed by atoms with Crippen molar-refractivity contribution in [2.45, 2.75) is 31.1 Å². The molecule has 1 aromatic carbocycles. The molecule has 0 bridgehead atoms. The van der Waals surface area contributed by atoms with Crippen molar-refractivity contribution in [1.82, 2.24) is 0 Å². The second-order valence-corrected chi connectivity index (χ2v) is 4.68. The van der Waals surface area contributed by atoms with Crippen molar-refractivity contribution in [3.05, 3.63) is 35.9 Å². The van der Waals surface area contributed by atoms with Gasteiger partial charge in [-0.3, -0.25) is 4.79 Å². The van der Waals surface area contributed by atoms with Crippen molar-refractivity contribution in [2.75, 3.05) is 20.3 Å². The number of ether oxygens (including phenoxy) is 1. The van der Waals surface area contributed by atoms with E-state index in [1.54, 1.807) is 0 Å². The van der Waals surface area contributed by atoms with Gasteiger partial charge in [0.25, 0.3) is 0 Å². The fourth-order valence-corrected chi connectivity index (χ4v) is 2.34. The first-order chi connectivity index (χ1) is 9.21. The van der Waals surface area contributed by atoms with Crippen LogP contribution < -0.4 is 5.73 Å². The fourth-order valence-electron chi connectivity index (χ4n) is 2.34. The van der Waals surface area contributed by atoms with E-state index >= 15 is 0 Å². The van der Waals surface area contributed by atoms with Gasteiger partial charge in [-0.05, 0) is 18.4 Å². The van der Waals surface area contributed by atoms with E-state index in [4.69, 9.17) is 15.6 Å². The zero-order valence-corrected chi connectivity index (χ0v) is 11.5. The van der Waals surface area contributed by atoms with Crippen molar-refractivity contribution in [3.63, 3.8) is 0 Å². The van der Waals surface area contributed by atoms with Crippen LogP contribution in [0.3, 0.4) is 0 Å². The standard InChI is InChI=1S/C15H23NO3/c1-19-14(18)15(12-16,10-6-3-7-11-17)13-8-4-2-5-9-13/h2,4-5,8-9,17H,3,6-7,10-12,16H2,1H3. The molecule has 0 amide bonds. The lowest BCUT2D eigenvalue weighted by Gasteiger charge is -2.30. The average Bonchev–Trinajstić information content (AvgIpc) is 2.48. The Morgan fingerprint density at radius 2 is 1.95 bits per heavy atom. The molecule has 0 aliphatic carbocycles. The zero-order valence-electron chi connectivity index (χ0n) is 11.5. The van der Waals surface area contributed by atoms with Crippen LogP contribution in [0, 0.1) is 0 Å². The molecule has 3 N–H and O–H groups in total. The molecule has 106 valence electrons. The van der Waals surface area contributed by atoms with E-state index in [0.29, 0.717) is 6.42 Å². The molecule has 0 aliphatic rings. The smallest absolute Gasteiger partial charge is 0.317 e. The third-order valence-corrected chi connectivity index (χ3v) is 3.51. The molecule has 0 saturated carbocycles. The van der Waals surface area contributed by atoms with E-state index in [9.17, 15) is 4.79 Å². The molecule has 1 aromatic rings. The van der Waals surface area contributed by atoms with E-state index in [1.165, 1.54) is 7.11 Å². The quantitative estimate of drug-likeness (QED) is 0.553. The van der Waals surface area contributed by atoms with Crippen molar-refractivity contribution >= 4 is 5.97 Å². The van der Waals surface area contributed by atoms with Crippen LogP contribution in [0.5, 0.6) is 0 Å². The van der Waals surface area contributed by atoms with Gasteiger partial charge < -0.3 is 15.6 Å². The van der Waals surface area contributed by atoms with E-state index in [-0.39, 0.29) is 19.1 Å². The Morgan fingerprint density at radius 3 is 2.47 bits per heavy atom. The van der Waals surface area contributed by atoms with Crippen molar-refractivity contribution in [1.29, 1.82) is 0 Å². The highest BCUT2D eigenvalue weighted by Crippen LogP contribution is 2.30. The van der Waals surface area contributed by atoms with Crippen LogP contribution in [0.25, 0.3) is 0 Å². The van der Waals surface area contributed by atoms with Gasteiger partial charge in [-0.1, -0.05) is 43.2 Å². The Labute approximate surface area is 114 Å². The number of hydrogen-bond donors (Lipinski definition) is 2. The number of aliphatic hydroxyl groups is 1. The Balaban J connectivity index is 2.92. The SMILES string of the molecule is COC(=O)C(CN)(CCCCCO)c1ccccc1. The van der Waals surface area contributed by atoms with Gasteiger partial charge in [0.1, 0.15) is 5.41 Å². The maximum Gasteiger partial charge on any atom is 0.317 e. The van der Waals surface area contributed by atoms with Gasteiger partial charge in [-0.15, -0.1) is 0 Å². The highest BCUT2D eigenvalue weighted by Gasteiger charge is 2.39. The van der Waals surface area contributed by atoms with Crippen molar-refractivity contribution in [2.24, 2.45) is 5.73 Å². The molecule has 1 rings (SSSR count). The monoisotopic (exact) mass is 265 g/mol. The molecule has 0 fully saturated rings. The van der Waals surface area contributed by atoms with Gasteiger partial charge in [0.15, 0.2) is 0 Å². The average molecular weight is 265 g/mol. The predicted octanol–water partition coefficient (Wildman–Crippen LogP) is 1.61. The van der Waals surface area contributed by atoms with Gasteiger partial charge in [-0.25, -0.2) is 0 Å². The lowest BCUT2D eigenvalue weighted by Crippen LogP contribution is -2.43. The Kier molecular flexibility index (Phi) is 6.53. The Hall–Kier alpha value is -1.39. The van der Waals surface area contributed by atoms with Crippen molar-refractivity contribution < 1.29 is 14.6 Å². The van der Waals surface area contributed by atoms with E-state index in [2.05, 4.69) is 0 Å². The first kappa shape index (κ1) is 15.7. The third-order valence-electron chi connectivity index (χ3n) is 3.51. The minimum atomic E-state index is -0.772. The van der Waals surface area contributed by atoms with Crippen LogP contribution in [0.1, 0.15) is 31.2 Å². The van der Waals surface area contributed by atoms with Crippen LogP contribution in [0.15, 0.2) is 30.3 Å². The Bertz CT molecular complexity index is 380. The lowest BCUT2D eigenvalue weighted by molar-refractivity contribution is -0.147. The number of esters is 1. The summed E-state index contributed by atoms with van der Waals surface area (Å²) in [6, 6.07) is 9.53. The number of hydrogen-bond acceptors (Lipinski definition) is 4. The first-order valence-corrected chi connectivity index (χ1v) is 6.66. The largest absolute Gasteiger partial charge is 0.468 e. The number of aliphatic hydroxyl groups excluding tert-OH is 1. The number of nitrogens with two attached hydrogens (primary N) is 1. The van der Waals surface area contributed by atoms with Crippen LogP contribution in [0.2, 0.25) is 0 Å². The maximum absolute atomic E-state index is 12.2. The molecule has 1 unspecified atom stereocenters. The van der Waals surface area contributed by atoms with Crippen LogP contribution in [-0.2, 0) is 14.9 Å². The molecule has 0 saturated heterocycles. The first-order valence-electron chi connectivity index (χ1n) is 6.66. The number of unbranched alkanes of at least 4 members (excludes halogenated alkanes) is 2. The molecular weight excluding hydrogens is 242 g/mol. The van der Waals surface area contributed by atoms with Crippen molar-refractivity contribution in [3.8, 4) is 0 Å². The predicted molar refractivity (Wildman–Crippen MR) is 74.7 cm³/mol. The summed E-state index contributed by atoms with van der Waals surface area (Å²) in [5.41, 5.74) is 6.01. The number of carbonyl (C=O) groups is 1. The van der Waals surface area contributed by atoms with Crippen LogP contribution in [0.4, 0.5) is 0 Å². The summed E-state index contributed by atoms with van der Waals surface area (Å²) < 4.78 is 4.95. The van der Waals surface area contributed by atoms with E-state index in [1.807, 2.05) is 30.3 Å². The summed E-state index contributed by atoms with van der Waals surface area (Å²) in [4.78, 5) is 12.2. The Morgan fingerprint density at radius 1 is 1.26 bits per heavy atom. The zero-order chi connectivity index (χ0) is 14.1. The highest BCUT2D eigenvalue weighted by molar-refractivity contribution is 5.83. The molecule has 4 heteroatoms. The summed E-state index contributed by atoms with van der Waals surface area (Å²) in [7, 11) is 1.39. The number of methoxy groups -OCH3 is 1. The molecule has 0 radical (unpaired) electrons. The minimum absolute atomic E-state index is 0.180. The molecular formula is C15H23NO3. The van der Waals surface area contributed by atoms with E-state index in [0.717, 1.165) is 24.8 Å². The van der Waals surface area contributed by atoms with Gasteiger partial charge >= 0.3 is 5.97 Å². The lowest BCUT2D eigenvalue weighted by atomic mass is 9.76. The fraction of sp³-hybridized carbons (Fsp3) is 0.533. The van der Waals surface area contributed by atoms with Gasteiger partial charge in [0.2, 0.25) is 0 Å². The van der Waals surface area contributed by atoms with Crippen LogP contribution in [-0.4, -0.2) is 31.3 Å². The summed E-state index contributed by atoms with van der Waals surface area (Å²) in [6.07, 6.45) is 3.10. The molecule has 0 aromatic heterocycles. The molecule has 0 heterocycles. The molecule has 0 aliphatic heterocycles. The number of rotatable bonds is 8. The van der Waals surface area contributed by atoms with Gasteiger partial charge in [-0.2, -0.15) is 0 Å². The maximum atomic E-state index is 12.2. The normalized spacial score (nSPS) is 13.8. The third kappa shape index (κ3) is 3.78. The topological polar surface area (TPSA) is 72.5 Å². The summed E-state index contributed by atoms with van der Waals surface area (Å²) in [6.45, 7) is 0.405. The minimum Gasteiger partial charge on any atom is -0.468 e. The summed E-state index contributed by atoms with van der Waals surface area (Å²) in [5, 5.41) is 8.81. The van der Waals surface area contributed by atoms with E-state index < -0.39 is 5.41 Å². The second-order valence-electron chi connectivity index (χ2n) is 4.68. The molecule has 0 spiro atoms. The van der Waals surface area contributed by atoms with Gasteiger partial charge in [0, 0.05) is 13.2 Å². The second kappa shape index (κ2) is 7.92. The van der Waals surface area contributed by atoms with Crippen LogP contribution >= 0.6 is 0 Å². The number of benzene rings is 1. The van der Waals surface area contributed by atoms with Gasteiger partial charge in [0.05, 0.1) is 7.11 Å².